The fourth-order valence-electron chi connectivity index (χ4n) is 1.98. The summed E-state index contributed by atoms with van der Waals surface area (Å²) in [7, 11) is 0. The maximum atomic E-state index is 11.2. The molecule has 1 fully saturated rings. The second-order valence-electron chi connectivity index (χ2n) is 3.81. The first-order chi connectivity index (χ1) is 7.23. The third kappa shape index (κ3) is 1.91. The summed E-state index contributed by atoms with van der Waals surface area (Å²) in [6, 6.07) is 1.68. The first kappa shape index (κ1) is 9.89. The summed E-state index contributed by atoms with van der Waals surface area (Å²) >= 11 is 0. The molecule has 2 N–H and O–H groups in total. The average Bonchev–Trinajstić information content (AvgIpc) is 2.69. The number of carboxylic acids is 1. The van der Waals surface area contributed by atoms with Crippen molar-refractivity contribution in [3.05, 3.63) is 18.6 Å². The van der Waals surface area contributed by atoms with Crippen molar-refractivity contribution in [2.24, 2.45) is 0 Å². The summed E-state index contributed by atoms with van der Waals surface area (Å²) in [6.07, 6.45) is 6.22. The van der Waals surface area contributed by atoms with E-state index in [9.17, 15) is 9.90 Å². The molecule has 0 amide bonds. The van der Waals surface area contributed by atoms with Gasteiger partial charge in [0.05, 0.1) is 0 Å². The summed E-state index contributed by atoms with van der Waals surface area (Å²) in [5, 5.41) is 12.2. The second kappa shape index (κ2) is 3.84. The Morgan fingerprint density at radius 1 is 1.47 bits per heavy atom. The van der Waals surface area contributed by atoms with Crippen LogP contribution in [0.1, 0.15) is 25.7 Å². The number of carbonyl (C=O) groups is 1. The predicted octanol–water partition coefficient (Wildman–Crippen LogP) is 1.29. The molecule has 1 aromatic heterocycles. The van der Waals surface area contributed by atoms with Crippen LogP contribution < -0.4 is 5.32 Å². The van der Waals surface area contributed by atoms with Gasteiger partial charge in [-0.2, -0.15) is 0 Å². The van der Waals surface area contributed by atoms with E-state index in [1.54, 1.807) is 12.3 Å². The zero-order chi connectivity index (χ0) is 10.7. The Balaban J connectivity index is 2.18. The summed E-state index contributed by atoms with van der Waals surface area (Å²) in [4.78, 5) is 19.0. The van der Waals surface area contributed by atoms with Crippen molar-refractivity contribution in [1.82, 2.24) is 9.97 Å². The van der Waals surface area contributed by atoms with Crippen LogP contribution in [-0.2, 0) is 4.79 Å². The molecule has 0 atom stereocenters. The van der Waals surface area contributed by atoms with E-state index in [1.165, 1.54) is 6.33 Å². The maximum Gasteiger partial charge on any atom is 0.329 e. The van der Waals surface area contributed by atoms with Crippen LogP contribution in [0.25, 0.3) is 0 Å². The Labute approximate surface area is 87.6 Å². The minimum Gasteiger partial charge on any atom is -0.480 e. The lowest BCUT2D eigenvalue weighted by atomic mass is 9.98. The minimum atomic E-state index is -0.825. The van der Waals surface area contributed by atoms with Gasteiger partial charge in [-0.05, 0) is 18.9 Å². The molecule has 80 valence electrons. The van der Waals surface area contributed by atoms with Crippen molar-refractivity contribution < 1.29 is 9.90 Å². The highest BCUT2D eigenvalue weighted by atomic mass is 16.4. The number of hydrogen-bond acceptors (Lipinski definition) is 4. The van der Waals surface area contributed by atoms with Crippen LogP contribution >= 0.6 is 0 Å². The maximum absolute atomic E-state index is 11.2. The van der Waals surface area contributed by atoms with Gasteiger partial charge in [-0.1, -0.05) is 12.8 Å². The molecule has 1 aliphatic rings. The molecule has 15 heavy (non-hydrogen) atoms. The second-order valence-corrected chi connectivity index (χ2v) is 3.81. The van der Waals surface area contributed by atoms with Crippen molar-refractivity contribution in [3.63, 3.8) is 0 Å². The monoisotopic (exact) mass is 207 g/mol. The summed E-state index contributed by atoms with van der Waals surface area (Å²) in [5.41, 5.74) is -0.825. The van der Waals surface area contributed by atoms with Crippen molar-refractivity contribution in [3.8, 4) is 0 Å². The van der Waals surface area contributed by atoms with Gasteiger partial charge in [0.1, 0.15) is 17.7 Å². The molecule has 1 heterocycles. The first-order valence-corrected chi connectivity index (χ1v) is 5.01. The van der Waals surface area contributed by atoms with Gasteiger partial charge in [0.25, 0.3) is 0 Å². The molecule has 5 nitrogen and oxygen atoms in total. The van der Waals surface area contributed by atoms with E-state index in [2.05, 4.69) is 15.3 Å². The van der Waals surface area contributed by atoms with Gasteiger partial charge in [-0.25, -0.2) is 14.8 Å². The number of anilines is 1. The molecular formula is C10H13N3O2. The molecule has 0 radical (unpaired) electrons. The Morgan fingerprint density at radius 3 is 2.73 bits per heavy atom. The van der Waals surface area contributed by atoms with Gasteiger partial charge >= 0.3 is 5.97 Å². The zero-order valence-corrected chi connectivity index (χ0v) is 8.31. The molecule has 1 aromatic rings. The van der Waals surface area contributed by atoms with Gasteiger partial charge in [0, 0.05) is 6.20 Å². The van der Waals surface area contributed by atoms with E-state index in [0.717, 1.165) is 12.8 Å². The van der Waals surface area contributed by atoms with E-state index >= 15 is 0 Å². The normalized spacial score (nSPS) is 18.7. The van der Waals surface area contributed by atoms with Gasteiger partial charge in [-0.15, -0.1) is 0 Å². The van der Waals surface area contributed by atoms with Crippen molar-refractivity contribution >= 4 is 11.8 Å². The number of nitrogens with one attached hydrogen (secondary N) is 1. The average molecular weight is 207 g/mol. The van der Waals surface area contributed by atoms with Gasteiger partial charge in [0.15, 0.2) is 0 Å². The lowest BCUT2D eigenvalue weighted by molar-refractivity contribution is -0.142. The lowest BCUT2D eigenvalue weighted by Crippen LogP contribution is -2.43. The minimum absolute atomic E-state index is 0.578. The molecule has 0 aromatic carbocycles. The highest BCUT2D eigenvalue weighted by molar-refractivity contribution is 5.82. The van der Waals surface area contributed by atoms with E-state index in [4.69, 9.17) is 0 Å². The SMILES string of the molecule is O=C(O)C1(Nc2ccncn2)CCCC1. The highest BCUT2D eigenvalue weighted by Crippen LogP contribution is 2.32. The van der Waals surface area contributed by atoms with E-state index in [0.29, 0.717) is 18.7 Å². The Morgan fingerprint density at radius 2 is 2.20 bits per heavy atom. The summed E-state index contributed by atoms with van der Waals surface area (Å²) in [5.74, 6) is -0.215. The molecule has 0 unspecified atom stereocenters. The molecule has 0 aliphatic heterocycles. The van der Waals surface area contributed by atoms with Crippen LogP contribution in [0.5, 0.6) is 0 Å². The first-order valence-electron chi connectivity index (χ1n) is 5.01. The van der Waals surface area contributed by atoms with Crippen LogP contribution in [0, 0.1) is 0 Å². The Hall–Kier alpha value is -1.65. The van der Waals surface area contributed by atoms with E-state index < -0.39 is 11.5 Å². The van der Waals surface area contributed by atoms with Gasteiger partial charge in [-0.3, -0.25) is 0 Å². The number of aromatic nitrogens is 2. The van der Waals surface area contributed by atoms with Crippen LogP contribution in [0.3, 0.4) is 0 Å². The van der Waals surface area contributed by atoms with Crippen LogP contribution in [0.15, 0.2) is 18.6 Å². The van der Waals surface area contributed by atoms with Gasteiger partial charge < -0.3 is 10.4 Å². The van der Waals surface area contributed by atoms with Crippen molar-refractivity contribution in [1.29, 1.82) is 0 Å². The lowest BCUT2D eigenvalue weighted by Gasteiger charge is -2.25. The number of rotatable bonds is 3. The van der Waals surface area contributed by atoms with E-state index in [1.807, 2.05) is 0 Å². The molecule has 0 saturated heterocycles. The summed E-state index contributed by atoms with van der Waals surface area (Å²) in [6.45, 7) is 0. The number of hydrogen-bond donors (Lipinski definition) is 2. The van der Waals surface area contributed by atoms with Crippen molar-refractivity contribution in [2.45, 2.75) is 31.2 Å². The van der Waals surface area contributed by atoms with Crippen molar-refractivity contribution in [2.75, 3.05) is 5.32 Å². The predicted molar refractivity (Wildman–Crippen MR) is 54.5 cm³/mol. The number of carboxylic acid groups (broad SMARTS) is 1. The van der Waals surface area contributed by atoms with Crippen LogP contribution in [-0.4, -0.2) is 26.6 Å². The van der Waals surface area contributed by atoms with Crippen LogP contribution in [0.4, 0.5) is 5.82 Å². The number of nitrogens with zero attached hydrogens (tertiary/aromatic N) is 2. The quantitative estimate of drug-likeness (QED) is 0.781. The standard InChI is InChI=1S/C10H13N3O2/c14-9(15)10(4-1-2-5-10)13-8-3-6-11-7-12-8/h3,6-7H,1-2,4-5H2,(H,14,15)(H,11,12,13). The molecule has 1 saturated carbocycles. The molecule has 0 bridgehead atoms. The molecule has 2 rings (SSSR count). The van der Waals surface area contributed by atoms with Gasteiger partial charge in [0.2, 0.25) is 0 Å². The fourth-order valence-corrected chi connectivity index (χ4v) is 1.98. The largest absolute Gasteiger partial charge is 0.480 e. The topological polar surface area (TPSA) is 75.1 Å². The Kier molecular flexibility index (Phi) is 2.53. The fraction of sp³-hybridized carbons (Fsp3) is 0.500. The molecule has 5 heteroatoms. The molecule has 0 spiro atoms. The molecule has 1 aliphatic carbocycles. The summed E-state index contributed by atoms with van der Waals surface area (Å²) < 4.78 is 0. The van der Waals surface area contributed by atoms with E-state index in [-0.39, 0.29) is 0 Å². The smallest absolute Gasteiger partial charge is 0.329 e. The third-order valence-corrected chi connectivity index (χ3v) is 2.82. The molecular weight excluding hydrogens is 194 g/mol. The Bertz CT molecular complexity index is 347. The van der Waals surface area contributed by atoms with Crippen LogP contribution in [0.2, 0.25) is 0 Å². The third-order valence-electron chi connectivity index (χ3n) is 2.82. The highest BCUT2D eigenvalue weighted by Gasteiger charge is 2.41. The number of aliphatic carboxylic acids is 1. The zero-order valence-electron chi connectivity index (χ0n) is 8.31.